The van der Waals surface area contributed by atoms with Gasteiger partial charge in [-0.05, 0) is 12.8 Å². The first-order valence-electron chi connectivity index (χ1n) is 5.53. The quantitative estimate of drug-likeness (QED) is 0.252. The Morgan fingerprint density at radius 2 is 1.28 bits per heavy atom. The minimum absolute atomic E-state index is 0.378. The van der Waals surface area contributed by atoms with Gasteiger partial charge in [-0.3, -0.25) is 0 Å². The summed E-state index contributed by atoms with van der Waals surface area (Å²) in [5.74, 6) is 1.08. The molecule has 0 aromatic carbocycles. The highest BCUT2D eigenvalue weighted by Crippen LogP contribution is 2.22. The van der Waals surface area contributed by atoms with E-state index in [9.17, 15) is 9.59 Å². The van der Waals surface area contributed by atoms with E-state index in [2.05, 4.69) is 13.2 Å². The van der Waals surface area contributed by atoms with Gasteiger partial charge in [-0.15, -0.1) is 0 Å². The fourth-order valence-corrected chi connectivity index (χ4v) is 2.94. The smallest absolute Gasteiger partial charge is 0.330 e. The Hall–Kier alpha value is -0.880. The maximum Gasteiger partial charge on any atom is 0.330 e. The average molecular weight is 290 g/mol. The first-order chi connectivity index (χ1) is 8.70. The van der Waals surface area contributed by atoms with Crippen LogP contribution in [0.25, 0.3) is 0 Å². The van der Waals surface area contributed by atoms with Crippen molar-refractivity contribution in [2.75, 3.05) is 24.7 Å². The van der Waals surface area contributed by atoms with E-state index in [1.165, 1.54) is 0 Å². The van der Waals surface area contributed by atoms with Crippen LogP contribution in [0, 0.1) is 0 Å². The van der Waals surface area contributed by atoms with Gasteiger partial charge < -0.3 is 9.47 Å². The summed E-state index contributed by atoms with van der Waals surface area (Å²) in [5.41, 5.74) is 0. The largest absolute Gasteiger partial charge is 0.463 e. The molecule has 0 amide bonds. The predicted octanol–water partition coefficient (Wildman–Crippen LogP) is 2.61. The zero-order valence-corrected chi connectivity index (χ0v) is 11.9. The molecule has 0 heterocycles. The van der Waals surface area contributed by atoms with Gasteiger partial charge in [-0.2, -0.15) is 0 Å². The molecule has 0 fully saturated rings. The predicted molar refractivity (Wildman–Crippen MR) is 76.5 cm³/mol. The van der Waals surface area contributed by atoms with Crippen LogP contribution in [0.15, 0.2) is 25.3 Å². The molecule has 102 valence electrons. The second-order valence-electron chi connectivity index (χ2n) is 3.09. The molecular formula is C12H18O4S2. The van der Waals surface area contributed by atoms with Crippen LogP contribution in [-0.4, -0.2) is 36.7 Å². The third-order valence-corrected chi connectivity index (χ3v) is 4.23. The van der Waals surface area contributed by atoms with Gasteiger partial charge in [0.15, 0.2) is 0 Å². The van der Waals surface area contributed by atoms with Crippen LogP contribution in [0.4, 0.5) is 0 Å². The fraction of sp³-hybridized carbons (Fsp3) is 0.500. The minimum atomic E-state index is -0.378. The van der Waals surface area contributed by atoms with Crippen molar-refractivity contribution in [1.82, 2.24) is 0 Å². The molecule has 0 saturated carbocycles. The Labute approximate surface area is 116 Å². The van der Waals surface area contributed by atoms with Crippen molar-refractivity contribution in [3.05, 3.63) is 25.3 Å². The van der Waals surface area contributed by atoms with Crippen LogP contribution >= 0.6 is 21.6 Å². The van der Waals surface area contributed by atoms with E-state index in [0.717, 1.165) is 36.5 Å². The summed E-state index contributed by atoms with van der Waals surface area (Å²) >= 11 is 0. The van der Waals surface area contributed by atoms with Crippen LogP contribution in [0.3, 0.4) is 0 Å². The highest BCUT2D eigenvalue weighted by atomic mass is 33.1. The second-order valence-corrected chi connectivity index (χ2v) is 5.80. The Balaban J connectivity index is 3.12. The zero-order chi connectivity index (χ0) is 13.6. The van der Waals surface area contributed by atoms with Gasteiger partial charge in [0.05, 0.1) is 13.2 Å². The van der Waals surface area contributed by atoms with Crippen LogP contribution in [0.2, 0.25) is 0 Å². The Morgan fingerprint density at radius 3 is 1.61 bits per heavy atom. The Kier molecular flexibility index (Phi) is 12.0. The van der Waals surface area contributed by atoms with E-state index in [1.54, 1.807) is 21.6 Å². The van der Waals surface area contributed by atoms with Gasteiger partial charge in [0.25, 0.3) is 0 Å². The summed E-state index contributed by atoms with van der Waals surface area (Å²) in [6.07, 6.45) is 3.96. The molecule has 0 spiro atoms. The SMILES string of the molecule is C=CC(=O)OCCCSSCCCOC(=O)C=C. The molecule has 0 rings (SSSR count). The molecule has 4 nitrogen and oxygen atoms in total. The van der Waals surface area contributed by atoms with Gasteiger partial charge in [0.2, 0.25) is 0 Å². The van der Waals surface area contributed by atoms with Crippen LogP contribution in [0.5, 0.6) is 0 Å². The Morgan fingerprint density at radius 1 is 0.889 bits per heavy atom. The van der Waals surface area contributed by atoms with Crippen LogP contribution < -0.4 is 0 Å². The number of hydrogen-bond donors (Lipinski definition) is 0. The summed E-state index contributed by atoms with van der Waals surface area (Å²) < 4.78 is 9.66. The van der Waals surface area contributed by atoms with Gasteiger partial charge >= 0.3 is 11.9 Å². The first-order valence-corrected chi connectivity index (χ1v) is 8.02. The molecule has 0 atom stereocenters. The number of ether oxygens (including phenoxy) is 2. The maximum absolute atomic E-state index is 10.7. The summed E-state index contributed by atoms with van der Waals surface area (Å²) in [6, 6.07) is 0. The molecule has 0 saturated heterocycles. The van der Waals surface area contributed by atoms with E-state index < -0.39 is 0 Å². The van der Waals surface area contributed by atoms with Gasteiger partial charge in [-0.1, -0.05) is 34.7 Å². The van der Waals surface area contributed by atoms with E-state index in [1.807, 2.05) is 0 Å². The molecule has 0 aliphatic heterocycles. The molecule has 0 aromatic rings. The second kappa shape index (κ2) is 12.6. The molecule has 0 aromatic heterocycles. The molecule has 0 bridgehead atoms. The summed E-state index contributed by atoms with van der Waals surface area (Å²) in [6.45, 7) is 7.47. The molecule has 6 heteroatoms. The van der Waals surface area contributed by atoms with Crippen molar-refractivity contribution in [1.29, 1.82) is 0 Å². The maximum atomic E-state index is 10.7. The minimum Gasteiger partial charge on any atom is -0.463 e. The van der Waals surface area contributed by atoms with Gasteiger partial charge in [0.1, 0.15) is 0 Å². The molecule has 0 unspecified atom stereocenters. The van der Waals surface area contributed by atoms with E-state index in [0.29, 0.717) is 13.2 Å². The first kappa shape index (κ1) is 17.1. The monoisotopic (exact) mass is 290 g/mol. The van der Waals surface area contributed by atoms with Crippen molar-refractivity contribution in [3.8, 4) is 0 Å². The van der Waals surface area contributed by atoms with Crippen LogP contribution in [-0.2, 0) is 19.1 Å². The number of rotatable bonds is 11. The van der Waals surface area contributed by atoms with Crippen molar-refractivity contribution in [2.24, 2.45) is 0 Å². The van der Waals surface area contributed by atoms with Crippen molar-refractivity contribution in [3.63, 3.8) is 0 Å². The van der Waals surface area contributed by atoms with Gasteiger partial charge in [-0.25, -0.2) is 9.59 Å². The van der Waals surface area contributed by atoms with Gasteiger partial charge in [0, 0.05) is 23.7 Å². The lowest BCUT2D eigenvalue weighted by Gasteiger charge is -2.03. The molecule has 18 heavy (non-hydrogen) atoms. The number of hydrogen-bond acceptors (Lipinski definition) is 6. The van der Waals surface area contributed by atoms with Crippen molar-refractivity contribution < 1.29 is 19.1 Å². The molecule has 0 aliphatic carbocycles. The fourth-order valence-electron chi connectivity index (χ4n) is 0.817. The highest BCUT2D eigenvalue weighted by molar-refractivity contribution is 8.76. The lowest BCUT2D eigenvalue weighted by molar-refractivity contribution is -0.138. The van der Waals surface area contributed by atoms with E-state index >= 15 is 0 Å². The standard InChI is InChI=1S/C12H18O4S2/c1-3-11(13)15-7-5-9-17-18-10-6-8-16-12(14)4-2/h3-4H,1-2,5-10H2. The molecule has 0 aliphatic rings. The van der Waals surface area contributed by atoms with Crippen molar-refractivity contribution in [2.45, 2.75) is 12.8 Å². The summed E-state index contributed by atoms with van der Waals surface area (Å²) in [5, 5.41) is 0. The lowest BCUT2D eigenvalue weighted by atomic mass is 10.5. The highest BCUT2D eigenvalue weighted by Gasteiger charge is 1.97. The van der Waals surface area contributed by atoms with E-state index in [-0.39, 0.29) is 11.9 Å². The van der Waals surface area contributed by atoms with E-state index in [4.69, 9.17) is 9.47 Å². The number of esters is 2. The lowest BCUT2D eigenvalue weighted by Crippen LogP contribution is -2.02. The Bertz CT molecular complexity index is 251. The number of carbonyl (C=O) groups is 2. The molecule has 0 N–H and O–H groups in total. The third-order valence-electron chi connectivity index (χ3n) is 1.65. The summed E-state index contributed by atoms with van der Waals surface area (Å²) in [7, 11) is 3.43. The molecular weight excluding hydrogens is 272 g/mol. The molecule has 0 radical (unpaired) electrons. The average Bonchev–Trinajstić information content (AvgIpc) is 2.40. The summed E-state index contributed by atoms with van der Waals surface area (Å²) in [4.78, 5) is 21.4. The third kappa shape index (κ3) is 11.6. The van der Waals surface area contributed by atoms with Crippen LogP contribution in [0.1, 0.15) is 12.8 Å². The van der Waals surface area contributed by atoms with Crippen molar-refractivity contribution >= 4 is 33.5 Å². The number of carbonyl (C=O) groups excluding carboxylic acids is 2. The zero-order valence-electron chi connectivity index (χ0n) is 10.3. The normalized spacial score (nSPS) is 9.56. The topological polar surface area (TPSA) is 52.6 Å².